The summed E-state index contributed by atoms with van der Waals surface area (Å²) < 4.78 is 33.1. The Hall–Kier alpha value is -1.85. The lowest BCUT2D eigenvalue weighted by molar-refractivity contribution is 0.00578. The van der Waals surface area contributed by atoms with E-state index in [2.05, 4.69) is 0 Å². The minimum atomic E-state index is -0.482. The van der Waals surface area contributed by atoms with Crippen molar-refractivity contribution in [2.24, 2.45) is 0 Å². The van der Waals surface area contributed by atoms with Gasteiger partial charge in [0.2, 0.25) is 0 Å². The molecule has 1 unspecified atom stereocenters. The minimum Gasteiger partial charge on any atom is -0.486 e. The van der Waals surface area contributed by atoms with E-state index < -0.39 is 18.3 Å². The van der Waals surface area contributed by atoms with Crippen LogP contribution in [0.15, 0.2) is 42.5 Å². The first-order valence-electron chi connectivity index (χ1n) is 9.17. The smallest absolute Gasteiger partial charge is 0.486 e. The zero-order chi connectivity index (χ0) is 18.5. The van der Waals surface area contributed by atoms with E-state index in [9.17, 15) is 4.39 Å². The molecule has 4 rings (SSSR count). The summed E-state index contributed by atoms with van der Waals surface area (Å²) >= 11 is 0. The Labute approximate surface area is 154 Å². The van der Waals surface area contributed by atoms with Gasteiger partial charge in [-0.2, -0.15) is 0 Å². The summed E-state index contributed by atoms with van der Waals surface area (Å²) in [6, 6.07) is 12.9. The van der Waals surface area contributed by atoms with E-state index in [1.807, 2.05) is 58.0 Å². The van der Waals surface area contributed by atoms with Gasteiger partial charge in [0.05, 0.1) is 11.2 Å². The molecule has 3 nitrogen and oxygen atoms in total. The molecule has 0 saturated carbocycles. The number of hydrogen-bond acceptors (Lipinski definition) is 3. The van der Waals surface area contributed by atoms with Gasteiger partial charge in [0.1, 0.15) is 17.7 Å². The van der Waals surface area contributed by atoms with Crippen LogP contribution in [-0.2, 0) is 15.7 Å². The highest BCUT2D eigenvalue weighted by atomic mass is 19.1. The van der Waals surface area contributed by atoms with Crippen molar-refractivity contribution in [3.8, 4) is 5.75 Å². The van der Waals surface area contributed by atoms with Crippen molar-refractivity contribution < 1.29 is 18.4 Å². The third-order valence-corrected chi connectivity index (χ3v) is 5.85. The van der Waals surface area contributed by atoms with Gasteiger partial charge in [-0.15, -0.1) is 0 Å². The molecule has 1 aliphatic carbocycles. The van der Waals surface area contributed by atoms with Gasteiger partial charge in [-0.05, 0) is 69.8 Å². The highest BCUT2D eigenvalue weighted by Crippen LogP contribution is 2.40. The van der Waals surface area contributed by atoms with E-state index >= 15 is 0 Å². The number of ether oxygens (including phenoxy) is 1. The van der Waals surface area contributed by atoms with Crippen LogP contribution < -0.4 is 10.2 Å². The Morgan fingerprint density at radius 2 is 1.65 bits per heavy atom. The van der Waals surface area contributed by atoms with Crippen LogP contribution in [-0.4, -0.2) is 18.3 Å². The number of rotatable bonds is 3. The lowest BCUT2D eigenvalue weighted by Crippen LogP contribution is -2.41. The second-order valence-electron chi connectivity index (χ2n) is 8.08. The van der Waals surface area contributed by atoms with E-state index in [1.54, 1.807) is 6.07 Å². The predicted octanol–water partition coefficient (Wildman–Crippen LogP) is 4.19. The molecule has 1 aliphatic heterocycles. The first kappa shape index (κ1) is 17.6. The van der Waals surface area contributed by atoms with Crippen molar-refractivity contribution in [2.45, 2.75) is 57.8 Å². The highest BCUT2D eigenvalue weighted by Gasteiger charge is 2.52. The van der Waals surface area contributed by atoms with Gasteiger partial charge in [-0.3, -0.25) is 0 Å². The molecule has 0 amide bonds. The van der Waals surface area contributed by atoms with Crippen molar-refractivity contribution >= 4 is 12.6 Å². The summed E-state index contributed by atoms with van der Waals surface area (Å²) in [6.07, 6.45) is 1.22. The Morgan fingerprint density at radius 3 is 2.31 bits per heavy atom. The molecule has 2 aromatic carbocycles. The lowest BCUT2D eigenvalue weighted by atomic mass is 9.75. The number of para-hydroxylation sites is 1. The lowest BCUT2D eigenvalue weighted by Gasteiger charge is -2.32. The van der Waals surface area contributed by atoms with E-state index in [0.29, 0.717) is 5.56 Å². The van der Waals surface area contributed by atoms with Crippen LogP contribution in [0.5, 0.6) is 5.75 Å². The standard InChI is InChI=1S/C21H24BFO3/c1-20(2)21(3,4)26-22(25-20)16-11-12-17(23)19-15(16)10-13-18(19)24-14-8-6-5-7-9-14/h5-9,11-12,18H,10,13H2,1-4H3. The fourth-order valence-corrected chi connectivity index (χ4v) is 3.67. The summed E-state index contributed by atoms with van der Waals surface area (Å²) in [4.78, 5) is 0. The first-order valence-corrected chi connectivity index (χ1v) is 9.17. The molecular weight excluding hydrogens is 330 g/mol. The maximum atomic E-state index is 14.7. The molecular formula is C21H24BFO3. The van der Waals surface area contributed by atoms with Gasteiger partial charge in [0.25, 0.3) is 0 Å². The molecule has 0 N–H and O–H groups in total. The predicted molar refractivity (Wildman–Crippen MR) is 100 cm³/mol. The molecule has 2 aromatic rings. The van der Waals surface area contributed by atoms with Crippen LogP contribution in [0.3, 0.4) is 0 Å². The van der Waals surface area contributed by atoms with Crippen LogP contribution in [0.1, 0.15) is 51.3 Å². The normalized spacial score (nSPS) is 23.1. The van der Waals surface area contributed by atoms with Gasteiger partial charge in [0, 0.05) is 5.56 Å². The summed E-state index contributed by atoms with van der Waals surface area (Å²) in [5.74, 6) is 0.532. The average molecular weight is 354 g/mol. The molecule has 136 valence electrons. The molecule has 1 heterocycles. The summed E-state index contributed by atoms with van der Waals surface area (Å²) in [5.41, 5.74) is 1.68. The van der Waals surface area contributed by atoms with Crippen molar-refractivity contribution in [3.05, 3.63) is 59.4 Å². The topological polar surface area (TPSA) is 27.7 Å². The van der Waals surface area contributed by atoms with Gasteiger partial charge in [0.15, 0.2) is 0 Å². The van der Waals surface area contributed by atoms with E-state index in [0.717, 1.165) is 29.6 Å². The second-order valence-corrected chi connectivity index (χ2v) is 8.08. The van der Waals surface area contributed by atoms with Crippen molar-refractivity contribution in [1.82, 2.24) is 0 Å². The van der Waals surface area contributed by atoms with E-state index in [4.69, 9.17) is 14.0 Å². The van der Waals surface area contributed by atoms with Crippen molar-refractivity contribution in [3.63, 3.8) is 0 Å². The molecule has 1 saturated heterocycles. The van der Waals surface area contributed by atoms with E-state index in [1.165, 1.54) is 6.07 Å². The second kappa shape index (κ2) is 6.10. The van der Waals surface area contributed by atoms with Gasteiger partial charge in [-0.25, -0.2) is 4.39 Å². The fourth-order valence-electron chi connectivity index (χ4n) is 3.67. The quantitative estimate of drug-likeness (QED) is 0.774. The monoisotopic (exact) mass is 354 g/mol. The molecule has 5 heteroatoms. The Bertz CT molecular complexity index is 804. The minimum absolute atomic E-state index is 0.223. The van der Waals surface area contributed by atoms with Crippen LogP contribution in [0, 0.1) is 5.82 Å². The van der Waals surface area contributed by atoms with Crippen LogP contribution in [0.25, 0.3) is 0 Å². The fraction of sp³-hybridized carbons (Fsp3) is 0.429. The van der Waals surface area contributed by atoms with E-state index in [-0.39, 0.29) is 11.9 Å². The molecule has 2 aliphatic rings. The SMILES string of the molecule is CC1(C)OB(c2ccc(F)c3c2CCC3Oc2ccccc2)OC1(C)C. The summed E-state index contributed by atoms with van der Waals surface area (Å²) in [6.45, 7) is 8.10. The summed E-state index contributed by atoms with van der Waals surface area (Å²) in [5, 5.41) is 0. The average Bonchev–Trinajstić information content (AvgIpc) is 3.08. The molecule has 26 heavy (non-hydrogen) atoms. The van der Waals surface area contributed by atoms with Gasteiger partial charge < -0.3 is 14.0 Å². The third kappa shape index (κ3) is 2.83. The van der Waals surface area contributed by atoms with Crippen LogP contribution in [0.4, 0.5) is 4.39 Å². The zero-order valence-corrected chi connectivity index (χ0v) is 15.7. The Kier molecular flexibility index (Phi) is 4.12. The van der Waals surface area contributed by atoms with Crippen molar-refractivity contribution in [1.29, 1.82) is 0 Å². The number of hydrogen-bond donors (Lipinski definition) is 0. The highest BCUT2D eigenvalue weighted by molar-refractivity contribution is 6.62. The summed E-state index contributed by atoms with van der Waals surface area (Å²) in [7, 11) is -0.482. The number of halogens is 1. The molecule has 0 radical (unpaired) electrons. The first-order chi connectivity index (χ1) is 12.3. The Morgan fingerprint density at radius 1 is 1.00 bits per heavy atom. The molecule has 1 fully saturated rings. The largest absolute Gasteiger partial charge is 0.495 e. The van der Waals surface area contributed by atoms with Gasteiger partial charge >= 0.3 is 7.12 Å². The maximum absolute atomic E-state index is 14.7. The van der Waals surface area contributed by atoms with Crippen LogP contribution in [0.2, 0.25) is 0 Å². The number of benzene rings is 2. The molecule has 0 spiro atoms. The van der Waals surface area contributed by atoms with Crippen molar-refractivity contribution in [2.75, 3.05) is 0 Å². The number of fused-ring (bicyclic) bond motifs is 1. The molecule has 1 atom stereocenters. The molecule has 0 bridgehead atoms. The maximum Gasteiger partial charge on any atom is 0.495 e. The zero-order valence-electron chi connectivity index (χ0n) is 15.7. The van der Waals surface area contributed by atoms with Crippen LogP contribution >= 0.6 is 0 Å². The Balaban J connectivity index is 1.67. The molecule has 0 aromatic heterocycles. The van der Waals surface area contributed by atoms with Gasteiger partial charge in [-0.1, -0.05) is 24.3 Å². The third-order valence-electron chi connectivity index (χ3n) is 5.85.